The minimum Gasteiger partial charge on any atom is -0.480 e. The Labute approximate surface area is 183 Å². The molecule has 0 radical (unpaired) electrons. The zero-order chi connectivity index (χ0) is 23.3. The molecule has 2 rings (SSSR count). The summed E-state index contributed by atoms with van der Waals surface area (Å²) in [5.74, 6) is -1.30. The summed E-state index contributed by atoms with van der Waals surface area (Å²) in [6.07, 6.45) is 5.00. The van der Waals surface area contributed by atoms with Crippen molar-refractivity contribution < 1.29 is 29.0 Å². The molecule has 1 aromatic carbocycles. The van der Waals surface area contributed by atoms with Crippen molar-refractivity contribution in [2.45, 2.75) is 77.2 Å². The van der Waals surface area contributed by atoms with E-state index in [0.29, 0.717) is 6.04 Å². The number of benzene rings is 1. The summed E-state index contributed by atoms with van der Waals surface area (Å²) in [5.41, 5.74) is 5.68. The van der Waals surface area contributed by atoms with Gasteiger partial charge in [-0.1, -0.05) is 49.6 Å². The van der Waals surface area contributed by atoms with E-state index in [0.717, 1.165) is 5.56 Å². The van der Waals surface area contributed by atoms with E-state index in [1.165, 1.54) is 32.1 Å². The predicted octanol–water partition coefficient (Wildman–Crippen LogP) is 3.17. The number of hydrogen-bond acceptors (Lipinski definition) is 6. The number of carbonyl (C=O) groups excluding carboxylic acids is 2. The first-order valence-corrected chi connectivity index (χ1v) is 10.5. The molecule has 1 saturated carbocycles. The predicted molar refractivity (Wildman–Crippen MR) is 116 cm³/mol. The molecule has 0 unspecified atom stereocenters. The van der Waals surface area contributed by atoms with Crippen LogP contribution in [-0.4, -0.2) is 47.5 Å². The first-order chi connectivity index (χ1) is 14.6. The number of rotatable bonds is 6. The Balaban J connectivity index is 0.000000577. The van der Waals surface area contributed by atoms with E-state index >= 15 is 0 Å². The van der Waals surface area contributed by atoms with Crippen molar-refractivity contribution in [2.75, 3.05) is 6.54 Å². The number of carboxylic acid groups (broad SMARTS) is 1. The van der Waals surface area contributed by atoms with E-state index in [2.05, 4.69) is 10.6 Å². The highest BCUT2D eigenvalue weighted by molar-refractivity contribution is 5.81. The molecule has 9 heteroatoms. The number of nitrogens with one attached hydrogen (secondary N) is 2. The summed E-state index contributed by atoms with van der Waals surface area (Å²) in [5, 5.41) is 13.5. The lowest BCUT2D eigenvalue weighted by Gasteiger charge is -2.22. The SMILES string of the molecule is CC(C)(C)OC(=O)N[C@H](CNC(=O)OCc1ccccc1)C(=O)O.NC1CCCCC1. The smallest absolute Gasteiger partial charge is 0.408 e. The zero-order valence-electron chi connectivity index (χ0n) is 18.6. The highest BCUT2D eigenvalue weighted by Gasteiger charge is 2.24. The number of ether oxygens (including phenoxy) is 2. The Morgan fingerprint density at radius 1 is 1.10 bits per heavy atom. The summed E-state index contributed by atoms with van der Waals surface area (Å²) in [4.78, 5) is 34.3. The zero-order valence-corrected chi connectivity index (χ0v) is 18.6. The molecule has 0 bridgehead atoms. The van der Waals surface area contributed by atoms with E-state index < -0.39 is 29.8 Å². The van der Waals surface area contributed by atoms with Crippen LogP contribution >= 0.6 is 0 Å². The van der Waals surface area contributed by atoms with Crippen LogP contribution in [0.1, 0.15) is 58.4 Å². The van der Waals surface area contributed by atoms with Gasteiger partial charge in [0.2, 0.25) is 0 Å². The molecular weight excluding hydrogens is 402 g/mol. The van der Waals surface area contributed by atoms with Crippen molar-refractivity contribution >= 4 is 18.2 Å². The van der Waals surface area contributed by atoms with Gasteiger partial charge in [-0.3, -0.25) is 0 Å². The summed E-state index contributed by atoms with van der Waals surface area (Å²) in [6, 6.07) is 8.24. The Morgan fingerprint density at radius 2 is 1.71 bits per heavy atom. The first-order valence-electron chi connectivity index (χ1n) is 10.5. The Bertz CT molecular complexity index is 684. The van der Waals surface area contributed by atoms with E-state index in [-0.39, 0.29) is 13.2 Å². The average Bonchev–Trinajstić information content (AvgIpc) is 2.70. The molecule has 0 saturated heterocycles. The van der Waals surface area contributed by atoms with Gasteiger partial charge >= 0.3 is 18.2 Å². The van der Waals surface area contributed by atoms with Gasteiger partial charge < -0.3 is 30.9 Å². The molecule has 2 amide bonds. The molecule has 0 aromatic heterocycles. The molecule has 1 atom stereocenters. The Morgan fingerprint density at radius 3 is 2.19 bits per heavy atom. The highest BCUT2D eigenvalue weighted by Crippen LogP contribution is 2.14. The minimum atomic E-state index is -1.33. The van der Waals surface area contributed by atoms with Gasteiger partial charge in [0.25, 0.3) is 0 Å². The number of alkyl carbamates (subject to hydrolysis) is 2. The second-order valence-corrected chi connectivity index (χ2v) is 8.38. The highest BCUT2D eigenvalue weighted by atomic mass is 16.6. The molecule has 1 aliphatic rings. The second kappa shape index (κ2) is 13.5. The maximum atomic E-state index is 11.6. The monoisotopic (exact) mass is 437 g/mol. The maximum Gasteiger partial charge on any atom is 0.408 e. The third kappa shape index (κ3) is 13.2. The normalized spacial score (nSPS) is 15.0. The lowest BCUT2D eigenvalue weighted by molar-refractivity contribution is -0.139. The topological polar surface area (TPSA) is 140 Å². The van der Waals surface area contributed by atoms with Crippen molar-refractivity contribution in [2.24, 2.45) is 5.73 Å². The molecule has 5 N–H and O–H groups in total. The fourth-order valence-electron chi connectivity index (χ4n) is 2.74. The van der Waals surface area contributed by atoms with Crippen molar-refractivity contribution in [3.8, 4) is 0 Å². The first kappa shape index (κ1) is 26.2. The van der Waals surface area contributed by atoms with Gasteiger partial charge in [0.1, 0.15) is 18.2 Å². The minimum absolute atomic E-state index is 0.0594. The number of hydrogen-bond donors (Lipinski definition) is 4. The van der Waals surface area contributed by atoms with Crippen LogP contribution in [0.4, 0.5) is 9.59 Å². The van der Waals surface area contributed by atoms with Gasteiger partial charge in [0, 0.05) is 6.04 Å². The van der Waals surface area contributed by atoms with Crippen LogP contribution < -0.4 is 16.4 Å². The quantitative estimate of drug-likeness (QED) is 0.536. The lowest BCUT2D eigenvalue weighted by atomic mass is 9.97. The van der Waals surface area contributed by atoms with E-state index in [1.54, 1.807) is 32.9 Å². The van der Waals surface area contributed by atoms with E-state index in [9.17, 15) is 14.4 Å². The average molecular weight is 438 g/mol. The van der Waals surface area contributed by atoms with Gasteiger partial charge in [-0.25, -0.2) is 14.4 Å². The van der Waals surface area contributed by atoms with Crippen LogP contribution in [0.15, 0.2) is 30.3 Å². The summed E-state index contributed by atoms with van der Waals surface area (Å²) in [6.45, 7) is 4.69. The van der Waals surface area contributed by atoms with E-state index in [4.69, 9.17) is 20.3 Å². The standard InChI is InChI=1S/C16H22N2O6.C6H13N/c1-16(2,3)24-15(22)18-12(13(19)20)9-17-14(21)23-10-11-7-5-4-6-8-11;7-6-4-2-1-3-5-6/h4-8,12H,9-10H2,1-3H3,(H,17,21)(H,18,22)(H,19,20);6H,1-5,7H2/t12-;/m1./s1. The lowest BCUT2D eigenvalue weighted by Crippen LogP contribution is -2.49. The Kier molecular flexibility index (Phi) is 11.4. The fourth-order valence-corrected chi connectivity index (χ4v) is 2.74. The number of amides is 2. The van der Waals surface area contributed by atoms with Gasteiger partial charge in [0.05, 0.1) is 6.54 Å². The molecule has 0 aliphatic heterocycles. The molecule has 174 valence electrons. The maximum absolute atomic E-state index is 11.6. The van der Waals surface area contributed by atoms with Crippen molar-refractivity contribution in [1.29, 1.82) is 0 Å². The third-order valence-corrected chi connectivity index (χ3v) is 4.30. The Hall–Kier alpha value is -2.81. The molecule has 1 aliphatic carbocycles. The van der Waals surface area contributed by atoms with Gasteiger partial charge in [-0.05, 0) is 39.2 Å². The van der Waals surface area contributed by atoms with Crippen LogP contribution in [0.3, 0.4) is 0 Å². The molecule has 0 heterocycles. The van der Waals surface area contributed by atoms with Crippen molar-refractivity contribution in [3.63, 3.8) is 0 Å². The molecule has 1 fully saturated rings. The number of carbonyl (C=O) groups is 3. The van der Waals surface area contributed by atoms with E-state index in [1.807, 2.05) is 18.2 Å². The van der Waals surface area contributed by atoms with Crippen LogP contribution in [0.2, 0.25) is 0 Å². The molecule has 9 nitrogen and oxygen atoms in total. The van der Waals surface area contributed by atoms with Crippen LogP contribution in [0.5, 0.6) is 0 Å². The summed E-state index contributed by atoms with van der Waals surface area (Å²) < 4.78 is 9.93. The van der Waals surface area contributed by atoms with Crippen LogP contribution in [-0.2, 0) is 20.9 Å². The van der Waals surface area contributed by atoms with Crippen LogP contribution in [0.25, 0.3) is 0 Å². The van der Waals surface area contributed by atoms with Crippen molar-refractivity contribution in [1.82, 2.24) is 10.6 Å². The second-order valence-electron chi connectivity index (χ2n) is 8.38. The molecule has 1 aromatic rings. The van der Waals surface area contributed by atoms with Crippen molar-refractivity contribution in [3.05, 3.63) is 35.9 Å². The number of aliphatic carboxylic acids is 1. The van der Waals surface area contributed by atoms with Crippen LogP contribution in [0, 0.1) is 0 Å². The number of carboxylic acids is 1. The van der Waals surface area contributed by atoms with Gasteiger partial charge in [0.15, 0.2) is 0 Å². The summed E-state index contributed by atoms with van der Waals surface area (Å²) >= 11 is 0. The fraction of sp³-hybridized carbons (Fsp3) is 0.591. The summed E-state index contributed by atoms with van der Waals surface area (Å²) in [7, 11) is 0. The number of nitrogens with two attached hydrogens (primary N) is 1. The van der Waals surface area contributed by atoms with Gasteiger partial charge in [-0.15, -0.1) is 0 Å². The third-order valence-electron chi connectivity index (χ3n) is 4.30. The molecule has 0 spiro atoms. The largest absolute Gasteiger partial charge is 0.480 e. The molecule has 31 heavy (non-hydrogen) atoms. The van der Waals surface area contributed by atoms with Gasteiger partial charge in [-0.2, -0.15) is 0 Å². The molecular formula is C22H35N3O6.